The maximum Gasteiger partial charge on any atom is 0.285 e. The SMILES string of the molecule is C=C/C=C\C(=C/C)N1C(=O)/C(=C/c2cc(Br)c(OCc3cccc(C)c3)c(Br)c2)C(=O)N=C1SCC(=O)NC(c1ccccc1)c1ccccc1. The van der Waals surface area contributed by atoms with Crippen LogP contribution in [-0.2, 0) is 21.0 Å². The molecule has 0 fully saturated rings. The predicted octanol–water partition coefficient (Wildman–Crippen LogP) is 9.49. The highest BCUT2D eigenvalue weighted by Gasteiger charge is 2.35. The topological polar surface area (TPSA) is 88.1 Å². The summed E-state index contributed by atoms with van der Waals surface area (Å²) < 4.78 is 7.38. The summed E-state index contributed by atoms with van der Waals surface area (Å²) >= 11 is 8.18. The molecule has 7 nitrogen and oxygen atoms in total. The predicted molar refractivity (Wildman–Crippen MR) is 213 cm³/mol. The molecule has 51 heavy (non-hydrogen) atoms. The van der Waals surface area contributed by atoms with Crippen molar-refractivity contribution in [2.24, 2.45) is 4.99 Å². The standard InChI is InChI=1S/C41H35Br2N3O4S/c1-4-6-20-32(5-2)46-40(49)33(22-29-23-34(42)38(35(43)24-29)50-25-28-15-13-14-27(3)21-28)39(48)45-41(46)51-26-36(47)44-37(30-16-9-7-10-17-30)31-18-11-8-12-19-31/h4-24,37H,1,25-26H2,2-3H3,(H,44,47)/b20-6-,32-5+,33-22+. The van der Waals surface area contributed by atoms with Gasteiger partial charge in [0.15, 0.2) is 5.17 Å². The summed E-state index contributed by atoms with van der Waals surface area (Å²) in [6, 6.07) is 30.6. The number of amides is 3. The highest BCUT2D eigenvalue weighted by Crippen LogP contribution is 2.37. The van der Waals surface area contributed by atoms with Gasteiger partial charge in [0.1, 0.15) is 17.9 Å². The number of carbonyl (C=O) groups is 3. The molecule has 0 aromatic heterocycles. The van der Waals surface area contributed by atoms with Gasteiger partial charge in [-0.1, -0.05) is 127 Å². The number of benzene rings is 4. The van der Waals surface area contributed by atoms with Gasteiger partial charge in [-0.15, -0.1) is 0 Å². The average molecular weight is 826 g/mol. The number of carbonyl (C=O) groups excluding carboxylic acids is 3. The lowest BCUT2D eigenvalue weighted by Crippen LogP contribution is -2.42. The number of thioether (sulfide) groups is 1. The Kier molecular flexibility index (Phi) is 13.2. The molecule has 10 heteroatoms. The van der Waals surface area contributed by atoms with Crippen molar-refractivity contribution in [1.29, 1.82) is 0 Å². The van der Waals surface area contributed by atoms with E-state index >= 15 is 0 Å². The third kappa shape index (κ3) is 9.72. The summed E-state index contributed by atoms with van der Waals surface area (Å²) in [7, 11) is 0. The Balaban J connectivity index is 1.39. The highest BCUT2D eigenvalue weighted by molar-refractivity contribution is 9.11. The summed E-state index contributed by atoms with van der Waals surface area (Å²) in [6.45, 7) is 7.90. The second-order valence-corrected chi connectivity index (χ2v) is 14.1. The molecule has 0 bridgehead atoms. The molecule has 1 N–H and O–H groups in total. The van der Waals surface area contributed by atoms with Crippen LogP contribution in [-0.4, -0.2) is 33.5 Å². The fourth-order valence-electron chi connectivity index (χ4n) is 5.32. The molecule has 1 aliphatic rings. The van der Waals surface area contributed by atoms with Crippen molar-refractivity contribution in [3.63, 3.8) is 0 Å². The van der Waals surface area contributed by atoms with E-state index in [0.29, 0.717) is 32.6 Å². The van der Waals surface area contributed by atoms with Gasteiger partial charge in [-0.25, -0.2) is 0 Å². The average Bonchev–Trinajstić information content (AvgIpc) is 3.13. The summed E-state index contributed by atoms with van der Waals surface area (Å²) in [4.78, 5) is 46.7. The summed E-state index contributed by atoms with van der Waals surface area (Å²) in [5, 5.41) is 3.20. The Bertz CT molecular complexity index is 2000. The van der Waals surface area contributed by atoms with E-state index in [0.717, 1.165) is 34.0 Å². The van der Waals surface area contributed by atoms with Gasteiger partial charge in [-0.2, -0.15) is 4.99 Å². The van der Waals surface area contributed by atoms with Crippen LogP contribution in [0, 0.1) is 6.92 Å². The first-order valence-corrected chi connectivity index (χ1v) is 18.6. The number of allylic oxidation sites excluding steroid dienone is 4. The van der Waals surface area contributed by atoms with Gasteiger partial charge in [0.25, 0.3) is 11.8 Å². The number of rotatable bonds is 12. The number of nitrogens with one attached hydrogen (secondary N) is 1. The van der Waals surface area contributed by atoms with E-state index in [9.17, 15) is 14.4 Å². The van der Waals surface area contributed by atoms with E-state index in [4.69, 9.17) is 4.74 Å². The summed E-state index contributed by atoms with van der Waals surface area (Å²) in [5.74, 6) is -1.07. The Morgan fingerprint density at radius 2 is 1.61 bits per heavy atom. The first kappa shape index (κ1) is 37.5. The molecule has 0 unspecified atom stereocenters. The van der Waals surface area contributed by atoms with Gasteiger partial charge in [-0.3, -0.25) is 19.3 Å². The van der Waals surface area contributed by atoms with Crippen molar-refractivity contribution in [1.82, 2.24) is 10.2 Å². The molecule has 1 aliphatic heterocycles. The van der Waals surface area contributed by atoms with Crippen LogP contribution in [0.25, 0.3) is 6.08 Å². The first-order chi connectivity index (χ1) is 24.7. The van der Waals surface area contributed by atoms with Crippen LogP contribution in [0.5, 0.6) is 5.75 Å². The Morgan fingerprint density at radius 1 is 0.961 bits per heavy atom. The third-order valence-electron chi connectivity index (χ3n) is 7.71. The number of aryl methyl sites for hydroxylation is 1. The molecule has 0 radical (unpaired) electrons. The monoisotopic (exact) mass is 823 g/mol. The minimum Gasteiger partial charge on any atom is -0.487 e. The third-order valence-corrected chi connectivity index (χ3v) is 9.83. The fourth-order valence-corrected chi connectivity index (χ4v) is 7.58. The van der Waals surface area contributed by atoms with E-state index in [1.165, 1.54) is 11.0 Å². The molecule has 0 spiro atoms. The van der Waals surface area contributed by atoms with Gasteiger partial charge in [0.05, 0.1) is 20.7 Å². The second kappa shape index (κ2) is 17.9. The van der Waals surface area contributed by atoms with Gasteiger partial charge in [0.2, 0.25) is 5.91 Å². The smallest absolute Gasteiger partial charge is 0.285 e. The molecule has 4 aromatic rings. The molecule has 0 aliphatic carbocycles. The van der Waals surface area contributed by atoms with Gasteiger partial charge in [0, 0.05) is 5.70 Å². The quantitative estimate of drug-likeness (QED) is 0.0874. The van der Waals surface area contributed by atoms with Crippen LogP contribution < -0.4 is 10.1 Å². The molecule has 0 saturated heterocycles. The summed E-state index contributed by atoms with van der Waals surface area (Å²) in [6.07, 6.45) is 8.20. The number of nitrogens with zero attached hydrogens (tertiary/aromatic N) is 2. The minimum atomic E-state index is -0.708. The van der Waals surface area contributed by atoms with Gasteiger partial charge in [-0.05, 0) is 92.2 Å². The van der Waals surface area contributed by atoms with Crippen LogP contribution in [0.2, 0.25) is 0 Å². The van der Waals surface area contributed by atoms with E-state index in [1.54, 1.807) is 43.4 Å². The van der Waals surface area contributed by atoms with Crippen LogP contribution >= 0.6 is 43.6 Å². The Labute approximate surface area is 319 Å². The van der Waals surface area contributed by atoms with E-state index < -0.39 is 11.8 Å². The van der Waals surface area contributed by atoms with Crippen molar-refractivity contribution in [2.45, 2.75) is 26.5 Å². The molecule has 0 saturated carbocycles. The molecular formula is C41H35Br2N3O4S. The van der Waals surface area contributed by atoms with Crippen molar-refractivity contribution in [3.05, 3.63) is 176 Å². The molecule has 3 amide bonds. The van der Waals surface area contributed by atoms with Crippen molar-refractivity contribution in [3.8, 4) is 5.75 Å². The molecule has 4 aromatic carbocycles. The lowest BCUT2D eigenvalue weighted by atomic mass is 9.99. The molecular weight excluding hydrogens is 790 g/mol. The van der Waals surface area contributed by atoms with E-state index in [1.807, 2.05) is 85.8 Å². The zero-order valence-corrected chi connectivity index (χ0v) is 32.0. The van der Waals surface area contributed by atoms with Crippen molar-refractivity contribution >= 4 is 72.6 Å². The van der Waals surface area contributed by atoms with Crippen LogP contribution in [0.3, 0.4) is 0 Å². The second-order valence-electron chi connectivity index (χ2n) is 11.4. The molecule has 1 heterocycles. The largest absolute Gasteiger partial charge is 0.487 e. The van der Waals surface area contributed by atoms with Gasteiger partial charge < -0.3 is 10.1 Å². The first-order valence-electron chi connectivity index (χ1n) is 16.0. The lowest BCUT2D eigenvalue weighted by molar-refractivity contribution is -0.126. The number of amidine groups is 1. The zero-order chi connectivity index (χ0) is 36.3. The minimum absolute atomic E-state index is 0.0861. The Morgan fingerprint density at radius 3 is 2.20 bits per heavy atom. The number of hydrogen-bond donors (Lipinski definition) is 1. The lowest BCUT2D eigenvalue weighted by Gasteiger charge is -2.28. The van der Waals surface area contributed by atoms with Crippen LogP contribution in [0.1, 0.15) is 40.8 Å². The maximum atomic E-state index is 14.1. The zero-order valence-electron chi connectivity index (χ0n) is 28.0. The highest BCUT2D eigenvalue weighted by atomic mass is 79.9. The van der Waals surface area contributed by atoms with Crippen molar-refractivity contribution in [2.75, 3.05) is 5.75 Å². The Hall–Kier alpha value is -4.77. The van der Waals surface area contributed by atoms with Crippen LogP contribution in [0.15, 0.2) is 153 Å². The van der Waals surface area contributed by atoms with Crippen LogP contribution in [0.4, 0.5) is 0 Å². The van der Waals surface area contributed by atoms with Gasteiger partial charge >= 0.3 is 0 Å². The number of halogens is 2. The van der Waals surface area contributed by atoms with Crippen molar-refractivity contribution < 1.29 is 19.1 Å². The number of hydrogen-bond acceptors (Lipinski definition) is 5. The normalized spacial score (nSPS) is 14.3. The number of ether oxygens (including phenoxy) is 1. The molecule has 0 atom stereocenters. The van der Waals surface area contributed by atoms with E-state index in [-0.39, 0.29) is 28.4 Å². The molecule has 258 valence electrons. The number of aliphatic imine (C=N–C) groups is 1. The molecule has 5 rings (SSSR count). The summed E-state index contributed by atoms with van der Waals surface area (Å²) in [5.41, 5.74) is 4.94. The maximum absolute atomic E-state index is 14.1. The fraction of sp³-hybridized carbons (Fsp3) is 0.122. The van der Waals surface area contributed by atoms with E-state index in [2.05, 4.69) is 54.8 Å².